The molecular weight excluding hydrogens is 366 g/mol. The number of amides is 2. The molecule has 0 saturated carbocycles. The fourth-order valence-electron chi connectivity index (χ4n) is 4.33. The molecule has 0 spiro atoms. The minimum atomic E-state index is -0.231. The molecule has 2 fully saturated rings. The summed E-state index contributed by atoms with van der Waals surface area (Å²) in [6.45, 7) is 13.0. The van der Waals surface area contributed by atoms with Crippen molar-refractivity contribution in [2.45, 2.75) is 59.4 Å². The Labute approximate surface area is 174 Å². The molecule has 2 aliphatic rings. The average Bonchev–Trinajstić information content (AvgIpc) is 3.00. The van der Waals surface area contributed by atoms with Gasteiger partial charge >= 0.3 is 0 Å². The van der Waals surface area contributed by atoms with Gasteiger partial charge in [0.05, 0.1) is 18.1 Å². The normalized spacial score (nSPS) is 25.6. The van der Waals surface area contributed by atoms with Crippen LogP contribution in [0.1, 0.15) is 45.2 Å². The topological polar surface area (TPSA) is 61.9 Å². The average molecular weight is 402 g/mol. The maximum Gasteiger partial charge on any atom is 0.225 e. The van der Waals surface area contributed by atoms with Gasteiger partial charge in [0, 0.05) is 45.7 Å². The summed E-state index contributed by atoms with van der Waals surface area (Å²) in [5, 5.41) is 3.00. The Balaban J connectivity index is 1.45. The first kappa shape index (κ1) is 21.8. The Morgan fingerprint density at radius 1 is 1.10 bits per heavy atom. The molecule has 6 heteroatoms. The van der Waals surface area contributed by atoms with E-state index in [1.54, 1.807) is 0 Å². The second-order valence-corrected chi connectivity index (χ2v) is 9.08. The van der Waals surface area contributed by atoms with E-state index in [-0.39, 0.29) is 29.9 Å². The van der Waals surface area contributed by atoms with Crippen LogP contribution in [0.4, 0.5) is 0 Å². The maximum atomic E-state index is 12.5. The largest absolute Gasteiger partial charge is 0.373 e. The van der Waals surface area contributed by atoms with E-state index in [9.17, 15) is 9.59 Å². The Kier molecular flexibility index (Phi) is 7.30. The molecule has 1 aromatic carbocycles. The van der Waals surface area contributed by atoms with Crippen LogP contribution >= 0.6 is 0 Å². The van der Waals surface area contributed by atoms with Crippen LogP contribution in [0.25, 0.3) is 0 Å². The lowest BCUT2D eigenvalue weighted by Crippen LogP contribution is -2.44. The molecule has 29 heavy (non-hydrogen) atoms. The summed E-state index contributed by atoms with van der Waals surface area (Å²) >= 11 is 0. The SMILES string of the molecule is CC(C)CN1CC(C(=O)NCc2ccc(CN3CC(C)OC(C)C3)cc2)CC1=O. The predicted molar refractivity (Wildman–Crippen MR) is 113 cm³/mol. The summed E-state index contributed by atoms with van der Waals surface area (Å²) in [6, 6.07) is 8.42. The maximum absolute atomic E-state index is 12.5. The van der Waals surface area contributed by atoms with Crippen LogP contribution in [-0.2, 0) is 27.4 Å². The highest BCUT2D eigenvalue weighted by Crippen LogP contribution is 2.19. The number of likely N-dealkylation sites (tertiary alicyclic amines) is 1. The third-order valence-electron chi connectivity index (χ3n) is 5.56. The minimum Gasteiger partial charge on any atom is -0.373 e. The van der Waals surface area contributed by atoms with Crippen LogP contribution in [0.3, 0.4) is 0 Å². The van der Waals surface area contributed by atoms with Crippen molar-refractivity contribution in [2.75, 3.05) is 26.2 Å². The summed E-state index contributed by atoms with van der Waals surface area (Å²) in [4.78, 5) is 28.8. The molecule has 160 valence electrons. The summed E-state index contributed by atoms with van der Waals surface area (Å²) in [6.07, 6.45) is 0.868. The second kappa shape index (κ2) is 9.72. The van der Waals surface area contributed by atoms with Crippen LogP contribution in [0.2, 0.25) is 0 Å². The van der Waals surface area contributed by atoms with Gasteiger partial charge < -0.3 is 15.0 Å². The van der Waals surface area contributed by atoms with Crippen molar-refractivity contribution >= 4 is 11.8 Å². The van der Waals surface area contributed by atoms with E-state index in [1.165, 1.54) is 5.56 Å². The minimum absolute atomic E-state index is 0.0232. The first-order chi connectivity index (χ1) is 13.8. The number of hydrogen-bond donors (Lipinski definition) is 1. The number of hydrogen-bond acceptors (Lipinski definition) is 4. The van der Waals surface area contributed by atoms with Crippen molar-refractivity contribution in [3.05, 3.63) is 35.4 Å². The lowest BCUT2D eigenvalue weighted by molar-refractivity contribution is -0.129. The van der Waals surface area contributed by atoms with Gasteiger partial charge in [0.1, 0.15) is 0 Å². The quantitative estimate of drug-likeness (QED) is 0.762. The van der Waals surface area contributed by atoms with E-state index in [2.05, 4.69) is 62.2 Å². The number of nitrogens with zero attached hydrogens (tertiary/aromatic N) is 2. The van der Waals surface area contributed by atoms with Crippen molar-refractivity contribution < 1.29 is 14.3 Å². The van der Waals surface area contributed by atoms with Crippen molar-refractivity contribution in [1.29, 1.82) is 0 Å². The van der Waals surface area contributed by atoms with E-state index in [1.807, 2.05) is 4.90 Å². The molecule has 3 atom stereocenters. The molecule has 3 unspecified atom stereocenters. The van der Waals surface area contributed by atoms with Crippen molar-refractivity contribution in [2.24, 2.45) is 11.8 Å². The molecular formula is C23H35N3O3. The number of nitrogens with one attached hydrogen (secondary N) is 1. The number of rotatable bonds is 7. The molecule has 1 N–H and O–H groups in total. The number of carbonyl (C=O) groups excluding carboxylic acids is 2. The number of carbonyl (C=O) groups is 2. The zero-order valence-corrected chi connectivity index (χ0v) is 18.2. The van der Waals surface area contributed by atoms with E-state index in [4.69, 9.17) is 4.74 Å². The lowest BCUT2D eigenvalue weighted by atomic mass is 10.1. The molecule has 2 aliphatic heterocycles. The third kappa shape index (κ3) is 6.28. The first-order valence-corrected chi connectivity index (χ1v) is 10.8. The molecule has 3 rings (SSSR count). The van der Waals surface area contributed by atoms with Crippen molar-refractivity contribution in [1.82, 2.24) is 15.1 Å². The van der Waals surface area contributed by atoms with Gasteiger partial charge in [-0.1, -0.05) is 38.1 Å². The first-order valence-electron chi connectivity index (χ1n) is 10.8. The number of ether oxygens (including phenoxy) is 1. The van der Waals surface area contributed by atoms with Crippen molar-refractivity contribution in [3.8, 4) is 0 Å². The summed E-state index contributed by atoms with van der Waals surface area (Å²) in [5.74, 6) is 0.258. The third-order valence-corrected chi connectivity index (χ3v) is 5.56. The van der Waals surface area contributed by atoms with Crippen LogP contribution in [0, 0.1) is 11.8 Å². The molecule has 0 bridgehead atoms. The molecule has 6 nitrogen and oxygen atoms in total. The molecule has 1 aromatic rings. The summed E-state index contributed by atoms with van der Waals surface area (Å²) in [7, 11) is 0. The lowest BCUT2D eigenvalue weighted by Gasteiger charge is -2.35. The predicted octanol–water partition coefficient (Wildman–Crippen LogP) is 2.42. The summed E-state index contributed by atoms with van der Waals surface area (Å²) in [5.41, 5.74) is 2.35. The van der Waals surface area contributed by atoms with E-state index < -0.39 is 0 Å². The Hall–Kier alpha value is -1.92. The molecule has 2 amide bonds. The Morgan fingerprint density at radius 2 is 1.72 bits per heavy atom. The Morgan fingerprint density at radius 3 is 2.34 bits per heavy atom. The molecule has 0 aromatic heterocycles. The van der Waals surface area contributed by atoms with Crippen LogP contribution in [-0.4, -0.2) is 60.0 Å². The van der Waals surface area contributed by atoms with Gasteiger partial charge in [0.2, 0.25) is 11.8 Å². The molecule has 2 saturated heterocycles. The fraction of sp³-hybridized carbons (Fsp3) is 0.652. The van der Waals surface area contributed by atoms with Gasteiger partial charge in [-0.15, -0.1) is 0 Å². The van der Waals surface area contributed by atoms with Crippen LogP contribution in [0.5, 0.6) is 0 Å². The smallest absolute Gasteiger partial charge is 0.225 e. The second-order valence-electron chi connectivity index (χ2n) is 9.08. The molecule has 2 heterocycles. The van der Waals surface area contributed by atoms with Crippen LogP contribution in [0.15, 0.2) is 24.3 Å². The zero-order valence-electron chi connectivity index (χ0n) is 18.2. The van der Waals surface area contributed by atoms with Gasteiger partial charge in [-0.05, 0) is 30.9 Å². The van der Waals surface area contributed by atoms with E-state index >= 15 is 0 Å². The van der Waals surface area contributed by atoms with Gasteiger partial charge in [-0.3, -0.25) is 14.5 Å². The zero-order chi connectivity index (χ0) is 21.0. The highest BCUT2D eigenvalue weighted by Gasteiger charge is 2.34. The van der Waals surface area contributed by atoms with Crippen molar-refractivity contribution in [3.63, 3.8) is 0 Å². The standard InChI is InChI=1S/C23H35N3O3/c1-16(2)11-26-15-21(9-22(26)27)23(28)24-10-19-5-7-20(8-6-19)14-25-12-17(3)29-18(4)13-25/h5-8,16-18,21H,9-15H2,1-4H3,(H,24,28). The van der Waals surface area contributed by atoms with Gasteiger partial charge in [0.15, 0.2) is 0 Å². The van der Waals surface area contributed by atoms with E-state index in [0.29, 0.717) is 25.4 Å². The highest BCUT2D eigenvalue weighted by atomic mass is 16.5. The van der Waals surface area contributed by atoms with Gasteiger partial charge in [-0.2, -0.15) is 0 Å². The Bertz CT molecular complexity index is 694. The number of benzene rings is 1. The molecule has 0 aliphatic carbocycles. The van der Waals surface area contributed by atoms with Gasteiger partial charge in [0.25, 0.3) is 0 Å². The number of morpholine rings is 1. The molecule has 0 radical (unpaired) electrons. The van der Waals surface area contributed by atoms with Crippen LogP contribution < -0.4 is 5.32 Å². The van der Waals surface area contributed by atoms with E-state index in [0.717, 1.165) is 31.7 Å². The van der Waals surface area contributed by atoms with Gasteiger partial charge in [-0.25, -0.2) is 0 Å². The summed E-state index contributed by atoms with van der Waals surface area (Å²) < 4.78 is 5.80. The fourth-order valence-corrected chi connectivity index (χ4v) is 4.33. The monoisotopic (exact) mass is 401 g/mol. The highest BCUT2D eigenvalue weighted by molar-refractivity contribution is 5.89.